The monoisotopic (exact) mass is 510 g/mol. The highest BCUT2D eigenvalue weighted by Crippen LogP contribution is 2.68. The Morgan fingerprint density at radius 1 is 1.06 bits per heavy atom. The van der Waals surface area contributed by atoms with Crippen LogP contribution in [0, 0.1) is 17.3 Å². The Balaban J connectivity index is 1.49. The van der Waals surface area contributed by atoms with E-state index in [0.29, 0.717) is 28.4 Å². The summed E-state index contributed by atoms with van der Waals surface area (Å²) < 4.78 is 12.5. The summed E-state index contributed by atoms with van der Waals surface area (Å²) in [7, 11) is 3.71. The summed E-state index contributed by atoms with van der Waals surface area (Å²) in [6.45, 7) is 3.16. The van der Waals surface area contributed by atoms with E-state index >= 15 is 0 Å². The molecule has 35 heavy (non-hydrogen) atoms. The van der Waals surface area contributed by atoms with Crippen molar-refractivity contribution in [3.8, 4) is 0 Å². The van der Waals surface area contributed by atoms with Crippen LogP contribution in [0.4, 0.5) is 0 Å². The highest BCUT2D eigenvalue weighted by atomic mass is 32.2. The summed E-state index contributed by atoms with van der Waals surface area (Å²) in [5, 5.41) is 0. The Bertz CT molecular complexity index is 1050. The lowest BCUT2D eigenvalue weighted by atomic mass is 9.51. The van der Waals surface area contributed by atoms with Gasteiger partial charge in [0.25, 0.3) is 0 Å². The Morgan fingerprint density at radius 3 is 2.51 bits per heavy atom. The van der Waals surface area contributed by atoms with Crippen molar-refractivity contribution in [1.82, 2.24) is 0 Å². The van der Waals surface area contributed by atoms with Crippen LogP contribution in [-0.2, 0) is 9.47 Å². The zero-order valence-corrected chi connectivity index (χ0v) is 22.9. The Labute approximate surface area is 218 Å². The summed E-state index contributed by atoms with van der Waals surface area (Å²) in [6, 6.07) is 8.44. The molecule has 6 rings (SSSR count). The van der Waals surface area contributed by atoms with Gasteiger partial charge in [0.1, 0.15) is 6.29 Å². The van der Waals surface area contributed by atoms with E-state index in [9.17, 15) is 4.79 Å². The van der Waals surface area contributed by atoms with Crippen molar-refractivity contribution in [3.05, 3.63) is 58.2 Å². The van der Waals surface area contributed by atoms with Crippen LogP contribution < -0.4 is 0 Å². The molecule has 2 saturated carbocycles. The van der Waals surface area contributed by atoms with Crippen molar-refractivity contribution >= 4 is 29.8 Å². The average molecular weight is 511 g/mol. The Morgan fingerprint density at radius 2 is 1.83 bits per heavy atom. The molecule has 188 valence electrons. The Hall–Kier alpha value is -1.01. The second-order valence-corrected chi connectivity index (χ2v) is 14.6. The fraction of sp³-hybridized carbons (Fsp3) is 0.633. The molecule has 1 saturated heterocycles. The van der Waals surface area contributed by atoms with E-state index in [4.69, 9.17) is 9.47 Å². The predicted molar refractivity (Wildman–Crippen MR) is 146 cm³/mol. The van der Waals surface area contributed by atoms with Crippen LogP contribution in [0.3, 0.4) is 0 Å². The first-order chi connectivity index (χ1) is 17.0. The van der Waals surface area contributed by atoms with E-state index in [1.807, 2.05) is 26.4 Å². The number of aldehydes is 1. The second kappa shape index (κ2) is 9.08. The van der Waals surface area contributed by atoms with Gasteiger partial charge in [-0.2, -0.15) is 0 Å². The SMILES string of the molecule is COC[C@]1(OC)CCC2C3CCC4=CC5(CCC4=C3[C@@H](c3ccc(C=O)cc3)C[C@@]21C)SCCS5. The third-order valence-electron chi connectivity index (χ3n) is 10.2. The van der Waals surface area contributed by atoms with Gasteiger partial charge in [-0.3, -0.25) is 4.79 Å². The molecule has 0 aromatic heterocycles. The van der Waals surface area contributed by atoms with Crippen LogP contribution >= 0.6 is 23.5 Å². The summed E-state index contributed by atoms with van der Waals surface area (Å²) in [5.74, 6) is 4.20. The van der Waals surface area contributed by atoms with Crippen LogP contribution in [0.2, 0.25) is 0 Å². The van der Waals surface area contributed by atoms with Gasteiger partial charge in [-0.05, 0) is 73.5 Å². The molecule has 1 aromatic carbocycles. The number of benzene rings is 1. The van der Waals surface area contributed by atoms with Crippen LogP contribution in [0.15, 0.2) is 47.1 Å². The average Bonchev–Trinajstić information content (AvgIpc) is 3.45. The number of carbonyl (C=O) groups is 1. The molecule has 2 unspecified atom stereocenters. The molecule has 1 spiro atoms. The third-order valence-corrected chi connectivity index (χ3v) is 13.6. The van der Waals surface area contributed by atoms with Crippen LogP contribution in [-0.4, -0.2) is 48.3 Å². The van der Waals surface area contributed by atoms with E-state index in [0.717, 1.165) is 24.7 Å². The van der Waals surface area contributed by atoms with E-state index < -0.39 is 0 Å². The molecule has 5 heteroatoms. The minimum absolute atomic E-state index is 0.0642. The van der Waals surface area contributed by atoms with Gasteiger partial charge in [0.15, 0.2) is 0 Å². The lowest BCUT2D eigenvalue weighted by Gasteiger charge is -2.56. The summed E-state index contributed by atoms with van der Waals surface area (Å²) >= 11 is 4.35. The molecule has 1 aromatic rings. The first-order valence-electron chi connectivity index (χ1n) is 13.3. The molecule has 5 atom stereocenters. The zero-order chi connectivity index (χ0) is 24.3. The topological polar surface area (TPSA) is 35.5 Å². The van der Waals surface area contributed by atoms with Gasteiger partial charge in [0.2, 0.25) is 0 Å². The van der Waals surface area contributed by atoms with Crippen molar-refractivity contribution in [2.75, 3.05) is 32.3 Å². The van der Waals surface area contributed by atoms with Gasteiger partial charge in [-0.25, -0.2) is 0 Å². The summed E-state index contributed by atoms with van der Waals surface area (Å²) in [6.07, 6.45) is 12.0. The van der Waals surface area contributed by atoms with Gasteiger partial charge in [0.05, 0.1) is 16.3 Å². The van der Waals surface area contributed by atoms with Crippen LogP contribution in [0.1, 0.15) is 73.7 Å². The van der Waals surface area contributed by atoms with Crippen molar-refractivity contribution in [3.63, 3.8) is 0 Å². The van der Waals surface area contributed by atoms with E-state index in [-0.39, 0.29) is 11.0 Å². The van der Waals surface area contributed by atoms with Crippen molar-refractivity contribution < 1.29 is 14.3 Å². The first-order valence-corrected chi connectivity index (χ1v) is 15.3. The molecule has 4 aliphatic carbocycles. The minimum atomic E-state index is -0.229. The second-order valence-electron chi connectivity index (χ2n) is 11.5. The maximum atomic E-state index is 11.4. The Kier molecular flexibility index (Phi) is 6.31. The fourth-order valence-corrected chi connectivity index (χ4v) is 11.7. The van der Waals surface area contributed by atoms with Gasteiger partial charge in [-0.1, -0.05) is 42.8 Å². The molecule has 1 heterocycles. The molecule has 0 bridgehead atoms. The van der Waals surface area contributed by atoms with Gasteiger partial charge < -0.3 is 9.47 Å². The fourth-order valence-electron chi connectivity index (χ4n) is 8.53. The lowest BCUT2D eigenvalue weighted by molar-refractivity contribution is -0.149. The maximum absolute atomic E-state index is 11.4. The minimum Gasteiger partial charge on any atom is -0.382 e. The number of allylic oxidation sites excluding steroid dienone is 3. The number of ether oxygens (including phenoxy) is 2. The van der Waals surface area contributed by atoms with Gasteiger partial charge in [-0.15, -0.1) is 23.5 Å². The number of thioether (sulfide) groups is 2. The van der Waals surface area contributed by atoms with Crippen molar-refractivity contribution in [2.24, 2.45) is 17.3 Å². The standard InChI is InChI=1S/C30H38O3S2/c1-28-17-25(21-6-4-20(18-31)5-7-21)27-23-10-13-30(34-14-15-35-30)16-22(23)8-9-24(27)26(28)11-12-29(28,33-3)19-32-2/h4-7,16,18,24-26H,8-15,17,19H2,1-3H3/t24?,25-,26?,28+,29-/m1/s1. The smallest absolute Gasteiger partial charge is 0.150 e. The molecule has 0 amide bonds. The van der Waals surface area contributed by atoms with Crippen LogP contribution in [0.5, 0.6) is 0 Å². The number of methoxy groups -OCH3 is 2. The van der Waals surface area contributed by atoms with E-state index in [1.165, 1.54) is 49.2 Å². The van der Waals surface area contributed by atoms with E-state index in [2.05, 4.69) is 48.7 Å². The molecule has 1 aliphatic heterocycles. The lowest BCUT2D eigenvalue weighted by Crippen LogP contribution is -2.54. The van der Waals surface area contributed by atoms with Gasteiger partial charge in [0, 0.05) is 42.6 Å². The summed E-state index contributed by atoms with van der Waals surface area (Å²) in [4.78, 5) is 11.4. The largest absolute Gasteiger partial charge is 0.382 e. The molecular formula is C30H38O3S2. The normalized spacial score (nSPS) is 37.6. The molecule has 3 nitrogen and oxygen atoms in total. The highest BCUT2D eigenvalue weighted by Gasteiger charge is 2.64. The molecule has 5 aliphatic rings. The van der Waals surface area contributed by atoms with Crippen LogP contribution in [0.25, 0.3) is 0 Å². The number of fused-ring (bicyclic) bond motifs is 4. The number of hydrogen-bond donors (Lipinski definition) is 0. The summed E-state index contributed by atoms with van der Waals surface area (Å²) in [5.41, 5.74) is 7.03. The maximum Gasteiger partial charge on any atom is 0.150 e. The number of hydrogen-bond acceptors (Lipinski definition) is 5. The molecule has 0 N–H and O–H groups in total. The zero-order valence-electron chi connectivity index (χ0n) is 21.3. The molecule has 0 radical (unpaired) electrons. The van der Waals surface area contributed by atoms with Gasteiger partial charge >= 0.3 is 0 Å². The number of rotatable bonds is 5. The van der Waals surface area contributed by atoms with Crippen molar-refractivity contribution in [2.45, 2.75) is 67.5 Å². The highest BCUT2D eigenvalue weighted by molar-refractivity contribution is 8.21. The first kappa shape index (κ1) is 24.3. The van der Waals surface area contributed by atoms with Crippen molar-refractivity contribution in [1.29, 1.82) is 0 Å². The third kappa shape index (κ3) is 3.66. The molecule has 3 fully saturated rings. The van der Waals surface area contributed by atoms with E-state index in [1.54, 1.807) is 16.7 Å². The molecular weight excluding hydrogens is 472 g/mol. The predicted octanol–water partition coefficient (Wildman–Crippen LogP) is 7.04. The number of carbonyl (C=O) groups excluding carboxylic acids is 1. The quantitative estimate of drug-likeness (QED) is 0.397.